The van der Waals surface area contributed by atoms with E-state index < -0.39 is 0 Å². The van der Waals surface area contributed by atoms with Crippen LogP contribution in [0.5, 0.6) is 0 Å². The van der Waals surface area contributed by atoms with Crippen molar-refractivity contribution in [2.24, 2.45) is 0 Å². The molecule has 0 unspecified atom stereocenters. The van der Waals surface area contributed by atoms with Crippen LogP contribution in [0.25, 0.3) is 10.7 Å². The van der Waals surface area contributed by atoms with Crippen LogP contribution in [0.15, 0.2) is 51.4 Å². The van der Waals surface area contributed by atoms with Gasteiger partial charge in [0.2, 0.25) is 11.1 Å². The largest absolute Gasteiger partial charge is 0.335 e. The smallest absolute Gasteiger partial charge is 0.234 e. The van der Waals surface area contributed by atoms with E-state index in [0.29, 0.717) is 11.0 Å². The second kappa shape index (κ2) is 7.16. The molecule has 0 fully saturated rings. The molecule has 118 valence electrons. The summed E-state index contributed by atoms with van der Waals surface area (Å²) in [5.74, 6) is 6.65. The number of nitrogen functional groups attached to an aromatic ring is 1. The normalized spacial score (nSPS) is 10.7. The molecule has 9 heteroatoms. The second-order valence-electron chi connectivity index (χ2n) is 4.47. The van der Waals surface area contributed by atoms with E-state index in [-0.39, 0.29) is 11.7 Å². The number of hydrogen-bond acceptors (Lipinski definition) is 6. The number of carbonyl (C=O) groups is 1. The van der Waals surface area contributed by atoms with Gasteiger partial charge >= 0.3 is 0 Å². The first-order valence-electron chi connectivity index (χ1n) is 6.56. The number of hydrogen-bond donors (Lipinski definition) is 2. The highest BCUT2D eigenvalue weighted by Crippen LogP contribution is 2.25. The molecule has 0 aliphatic heterocycles. The third-order valence-corrected chi connectivity index (χ3v) is 5.39. The maximum Gasteiger partial charge on any atom is 0.234 e. The summed E-state index contributed by atoms with van der Waals surface area (Å²) >= 11 is 6.17. The molecule has 6 nitrogen and oxygen atoms in total. The summed E-state index contributed by atoms with van der Waals surface area (Å²) in [5, 5.41) is 13.4. The molecule has 1 aromatic carbocycles. The van der Waals surface area contributed by atoms with Gasteiger partial charge in [0, 0.05) is 4.47 Å². The number of halogens is 1. The van der Waals surface area contributed by atoms with Gasteiger partial charge in [-0.25, -0.2) is 4.68 Å². The van der Waals surface area contributed by atoms with E-state index in [4.69, 9.17) is 5.84 Å². The number of rotatable bonds is 5. The zero-order valence-corrected chi connectivity index (χ0v) is 15.0. The summed E-state index contributed by atoms with van der Waals surface area (Å²) in [7, 11) is 0. The minimum absolute atomic E-state index is 0.137. The zero-order chi connectivity index (χ0) is 16.2. The molecule has 3 aromatic rings. The Labute approximate surface area is 149 Å². The lowest BCUT2D eigenvalue weighted by atomic mass is 10.3. The maximum absolute atomic E-state index is 12.0. The van der Waals surface area contributed by atoms with Crippen LogP contribution in [-0.2, 0) is 4.79 Å². The molecule has 0 aliphatic carbocycles. The predicted octanol–water partition coefficient (Wildman–Crippen LogP) is 3.21. The number of para-hydroxylation sites is 1. The first kappa shape index (κ1) is 16.0. The zero-order valence-electron chi connectivity index (χ0n) is 11.8. The van der Waals surface area contributed by atoms with Crippen LogP contribution >= 0.6 is 39.0 Å². The van der Waals surface area contributed by atoms with Gasteiger partial charge in [0.25, 0.3) is 0 Å². The minimum atomic E-state index is -0.137. The number of nitrogens with two attached hydrogens (primary N) is 1. The lowest BCUT2D eigenvalue weighted by Crippen LogP contribution is -2.16. The number of thiophene rings is 1. The summed E-state index contributed by atoms with van der Waals surface area (Å²) in [5.41, 5.74) is 0.728. The van der Waals surface area contributed by atoms with Gasteiger partial charge in [-0.15, -0.1) is 21.5 Å². The fourth-order valence-electron chi connectivity index (χ4n) is 1.83. The van der Waals surface area contributed by atoms with Gasteiger partial charge in [-0.1, -0.05) is 30.0 Å². The van der Waals surface area contributed by atoms with Gasteiger partial charge in [-0.2, -0.15) is 0 Å². The molecule has 23 heavy (non-hydrogen) atoms. The van der Waals surface area contributed by atoms with Crippen LogP contribution in [0.3, 0.4) is 0 Å². The molecule has 0 spiro atoms. The van der Waals surface area contributed by atoms with Crippen LogP contribution in [0.4, 0.5) is 5.69 Å². The third-order valence-electron chi connectivity index (χ3n) is 2.89. The number of aromatic nitrogens is 3. The summed E-state index contributed by atoms with van der Waals surface area (Å²) in [6.45, 7) is 0. The first-order valence-corrected chi connectivity index (χ1v) is 9.22. The van der Waals surface area contributed by atoms with E-state index in [1.165, 1.54) is 27.8 Å². The average molecular weight is 410 g/mol. The molecule has 0 saturated heterocycles. The molecular formula is C14H12BrN5OS2. The summed E-state index contributed by atoms with van der Waals surface area (Å²) in [4.78, 5) is 13.0. The molecule has 2 aromatic heterocycles. The van der Waals surface area contributed by atoms with Gasteiger partial charge in [0.15, 0.2) is 5.82 Å². The molecular weight excluding hydrogens is 398 g/mol. The Morgan fingerprint density at radius 1 is 1.30 bits per heavy atom. The number of nitrogens with one attached hydrogen (secondary N) is 1. The van der Waals surface area contributed by atoms with Crippen molar-refractivity contribution in [1.82, 2.24) is 14.9 Å². The van der Waals surface area contributed by atoms with Crippen molar-refractivity contribution in [3.8, 4) is 10.7 Å². The van der Waals surface area contributed by atoms with Gasteiger partial charge in [0.1, 0.15) is 0 Å². The van der Waals surface area contributed by atoms with Crippen LogP contribution < -0.4 is 11.2 Å². The minimum Gasteiger partial charge on any atom is -0.335 e. The Kier molecular flexibility index (Phi) is 4.99. The van der Waals surface area contributed by atoms with E-state index in [0.717, 1.165) is 15.0 Å². The van der Waals surface area contributed by atoms with E-state index >= 15 is 0 Å². The summed E-state index contributed by atoms with van der Waals surface area (Å²) in [6.07, 6.45) is 0. The number of carbonyl (C=O) groups excluding carboxylic acids is 1. The Morgan fingerprint density at radius 3 is 2.87 bits per heavy atom. The molecule has 3 N–H and O–H groups in total. The monoisotopic (exact) mass is 409 g/mol. The predicted molar refractivity (Wildman–Crippen MR) is 97.0 cm³/mol. The SMILES string of the molecule is Nn1c(SCC(=O)Nc2ccccc2Br)nnc1-c1cccs1. The van der Waals surface area contributed by atoms with Crippen molar-refractivity contribution in [3.05, 3.63) is 46.3 Å². The Bertz CT molecular complexity index is 818. The fourth-order valence-corrected chi connectivity index (χ4v) is 3.57. The molecule has 0 bridgehead atoms. The summed E-state index contributed by atoms with van der Waals surface area (Å²) in [6, 6.07) is 11.3. The molecule has 3 rings (SSSR count). The van der Waals surface area contributed by atoms with E-state index in [1.54, 1.807) is 0 Å². The average Bonchev–Trinajstić information content (AvgIpc) is 3.17. The van der Waals surface area contributed by atoms with Gasteiger partial charge in [0.05, 0.1) is 16.3 Å². The second-order valence-corrected chi connectivity index (χ2v) is 7.21. The quantitative estimate of drug-likeness (QED) is 0.498. The van der Waals surface area contributed by atoms with Crippen molar-refractivity contribution in [2.45, 2.75) is 5.16 Å². The molecule has 2 heterocycles. The number of thioether (sulfide) groups is 1. The number of anilines is 1. The van der Waals surface area contributed by atoms with E-state index in [9.17, 15) is 4.79 Å². The van der Waals surface area contributed by atoms with Crippen molar-refractivity contribution in [1.29, 1.82) is 0 Å². The van der Waals surface area contributed by atoms with Gasteiger partial charge in [-0.05, 0) is 39.5 Å². The highest BCUT2D eigenvalue weighted by molar-refractivity contribution is 9.10. The standard InChI is InChI=1S/C14H12BrN5OS2/c15-9-4-1-2-5-10(9)17-12(21)8-23-14-19-18-13(20(14)16)11-6-3-7-22-11/h1-7H,8,16H2,(H,17,21). The van der Waals surface area contributed by atoms with E-state index in [2.05, 4.69) is 31.4 Å². The van der Waals surface area contributed by atoms with Crippen LogP contribution in [0.1, 0.15) is 0 Å². The number of amides is 1. The molecule has 0 radical (unpaired) electrons. The Balaban J connectivity index is 1.63. The highest BCUT2D eigenvalue weighted by Gasteiger charge is 2.14. The highest BCUT2D eigenvalue weighted by atomic mass is 79.9. The molecule has 0 atom stereocenters. The van der Waals surface area contributed by atoms with E-state index in [1.807, 2.05) is 41.8 Å². The molecule has 0 aliphatic rings. The molecule has 0 saturated carbocycles. The van der Waals surface area contributed by atoms with Crippen molar-refractivity contribution in [3.63, 3.8) is 0 Å². The third kappa shape index (κ3) is 3.74. The Hall–Kier alpha value is -1.84. The van der Waals surface area contributed by atoms with Crippen molar-refractivity contribution in [2.75, 3.05) is 16.9 Å². The van der Waals surface area contributed by atoms with Crippen LogP contribution in [0.2, 0.25) is 0 Å². The lowest BCUT2D eigenvalue weighted by molar-refractivity contribution is -0.113. The number of nitrogens with zero attached hydrogens (tertiary/aromatic N) is 3. The Morgan fingerprint density at radius 2 is 2.13 bits per heavy atom. The topological polar surface area (TPSA) is 85.8 Å². The first-order chi connectivity index (χ1) is 11.1. The molecule has 1 amide bonds. The van der Waals surface area contributed by atoms with Crippen LogP contribution in [-0.4, -0.2) is 26.5 Å². The van der Waals surface area contributed by atoms with Gasteiger partial charge < -0.3 is 11.2 Å². The summed E-state index contributed by atoms with van der Waals surface area (Å²) < 4.78 is 2.24. The maximum atomic E-state index is 12.0. The van der Waals surface area contributed by atoms with Crippen LogP contribution in [0, 0.1) is 0 Å². The lowest BCUT2D eigenvalue weighted by Gasteiger charge is -2.06. The fraction of sp³-hybridized carbons (Fsp3) is 0.0714. The van der Waals surface area contributed by atoms with Crippen molar-refractivity contribution >= 4 is 50.6 Å². The van der Waals surface area contributed by atoms with Crippen molar-refractivity contribution < 1.29 is 4.79 Å². The van der Waals surface area contributed by atoms with Gasteiger partial charge in [-0.3, -0.25) is 4.79 Å². The number of benzene rings is 1.